The number of anilines is 1. The Hall–Kier alpha value is -2.67. The number of rotatable bonds is 5. The van der Waals surface area contributed by atoms with Crippen LogP contribution in [0.3, 0.4) is 0 Å². The fourth-order valence-corrected chi connectivity index (χ4v) is 5.43. The fourth-order valence-electron chi connectivity index (χ4n) is 4.56. The molecule has 1 saturated carbocycles. The molecular formula is C23H27N3O3S. The van der Waals surface area contributed by atoms with Crippen molar-refractivity contribution >= 4 is 28.7 Å². The number of aryl methyl sites for hydroxylation is 2. The van der Waals surface area contributed by atoms with E-state index >= 15 is 0 Å². The lowest BCUT2D eigenvalue weighted by Crippen LogP contribution is -2.38. The molecule has 1 aromatic carbocycles. The van der Waals surface area contributed by atoms with E-state index < -0.39 is 17.7 Å². The fraction of sp³-hybridized carbons (Fsp3) is 0.435. The predicted octanol–water partition coefficient (Wildman–Crippen LogP) is 4.35. The summed E-state index contributed by atoms with van der Waals surface area (Å²) in [4.78, 5) is 35.2. The highest BCUT2D eigenvalue weighted by atomic mass is 32.1. The van der Waals surface area contributed by atoms with Gasteiger partial charge >= 0.3 is 0 Å². The lowest BCUT2D eigenvalue weighted by molar-refractivity contribution is -0.131. The zero-order valence-corrected chi connectivity index (χ0v) is 18.6. The Bertz CT molecular complexity index is 1020. The van der Waals surface area contributed by atoms with Crippen LogP contribution in [0.25, 0.3) is 0 Å². The summed E-state index contributed by atoms with van der Waals surface area (Å²) < 4.78 is 0. The zero-order valence-electron chi connectivity index (χ0n) is 17.8. The Labute approximate surface area is 180 Å². The van der Waals surface area contributed by atoms with Crippen molar-refractivity contribution in [3.8, 4) is 0 Å². The summed E-state index contributed by atoms with van der Waals surface area (Å²) in [6, 6.07) is 7.31. The Morgan fingerprint density at radius 1 is 1.17 bits per heavy atom. The van der Waals surface area contributed by atoms with Crippen LogP contribution in [0.4, 0.5) is 5.69 Å². The van der Waals surface area contributed by atoms with E-state index in [1.165, 1.54) is 11.3 Å². The van der Waals surface area contributed by atoms with Crippen molar-refractivity contribution in [2.45, 2.75) is 51.6 Å². The van der Waals surface area contributed by atoms with E-state index in [0.29, 0.717) is 10.6 Å². The number of aliphatic hydroxyl groups is 1. The van der Waals surface area contributed by atoms with Crippen LogP contribution in [0.1, 0.15) is 57.7 Å². The number of amides is 1. The van der Waals surface area contributed by atoms with Gasteiger partial charge in [-0.1, -0.05) is 25.0 Å². The number of nitrogens with zero attached hydrogens (tertiary/aromatic N) is 3. The molecule has 1 amide bonds. The summed E-state index contributed by atoms with van der Waals surface area (Å²) in [6.45, 7) is 3.64. The van der Waals surface area contributed by atoms with Gasteiger partial charge in [0.05, 0.1) is 27.2 Å². The van der Waals surface area contributed by atoms with Gasteiger partial charge in [-0.3, -0.25) is 9.59 Å². The largest absolute Gasteiger partial charge is 0.503 e. The molecule has 1 unspecified atom stereocenters. The van der Waals surface area contributed by atoms with Crippen LogP contribution >= 0.6 is 11.3 Å². The van der Waals surface area contributed by atoms with E-state index in [1.807, 2.05) is 50.2 Å². The van der Waals surface area contributed by atoms with Crippen LogP contribution < -0.4 is 4.90 Å². The third kappa shape index (κ3) is 3.41. The van der Waals surface area contributed by atoms with Crippen LogP contribution in [0, 0.1) is 13.8 Å². The van der Waals surface area contributed by atoms with Crippen molar-refractivity contribution < 1.29 is 14.7 Å². The van der Waals surface area contributed by atoms with Gasteiger partial charge in [-0.05, 0) is 44.4 Å². The van der Waals surface area contributed by atoms with Gasteiger partial charge in [0, 0.05) is 25.8 Å². The second-order valence-corrected chi connectivity index (χ2v) is 9.48. The maximum Gasteiger partial charge on any atom is 0.290 e. The summed E-state index contributed by atoms with van der Waals surface area (Å²) in [7, 11) is 3.93. The van der Waals surface area contributed by atoms with Crippen molar-refractivity contribution in [1.82, 2.24) is 9.88 Å². The van der Waals surface area contributed by atoms with Crippen molar-refractivity contribution in [3.05, 3.63) is 56.7 Å². The molecule has 1 aliphatic carbocycles. The standard InChI is InChI=1S/C23H27N3O3S/c1-13-22(30-14(2)24-13)20(27)18-19(15-9-11-16(12-10-15)25(3)4)26(23(29)21(18)28)17-7-5-6-8-17/h9-12,17,19,28H,5-8H2,1-4H3. The SMILES string of the molecule is Cc1nc(C)c(C(=O)C2=C(O)C(=O)N(C3CCCC3)C2c2ccc(N(C)C)cc2)s1. The molecule has 0 spiro atoms. The average Bonchev–Trinajstić information content (AvgIpc) is 3.41. The van der Waals surface area contributed by atoms with Crippen molar-refractivity contribution in [2.75, 3.05) is 19.0 Å². The molecule has 1 aromatic heterocycles. The van der Waals surface area contributed by atoms with E-state index in [0.717, 1.165) is 41.9 Å². The number of thiazole rings is 1. The molecule has 7 heteroatoms. The maximum absolute atomic E-state index is 13.5. The molecule has 2 aliphatic rings. The van der Waals surface area contributed by atoms with Crippen LogP contribution in [0.5, 0.6) is 0 Å². The highest BCUT2D eigenvalue weighted by Gasteiger charge is 2.47. The first-order valence-electron chi connectivity index (χ1n) is 10.3. The quantitative estimate of drug-likeness (QED) is 0.721. The minimum atomic E-state index is -0.578. The number of Topliss-reactive ketones (excluding diaryl/α,β-unsaturated/α-hetero) is 1. The highest BCUT2D eigenvalue weighted by molar-refractivity contribution is 7.14. The van der Waals surface area contributed by atoms with Gasteiger partial charge in [0.1, 0.15) is 0 Å². The third-order valence-corrected chi connectivity index (χ3v) is 7.11. The smallest absolute Gasteiger partial charge is 0.290 e. The molecule has 6 nitrogen and oxygen atoms in total. The van der Waals surface area contributed by atoms with E-state index in [2.05, 4.69) is 4.98 Å². The molecule has 1 N–H and O–H groups in total. The van der Waals surface area contributed by atoms with Gasteiger partial charge in [-0.25, -0.2) is 4.98 Å². The summed E-state index contributed by atoms with van der Waals surface area (Å²) in [6.07, 6.45) is 3.90. The second-order valence-electron chi connectivity index (χ2n) is 8.28. The van der Waals surface area contributed by atoms with E-state index in [-0.39, 0.29) is 17.4 Å². The molecule has 1 fully saturated rings. The molecule has 1 aliphatic heterocycles. The summed E-state index contributed by atoms with van der Waals surface area (Å²) in [5.74, 6) is -1.16. The molecule has 30 heavy (non-hydrogen) atoms. The lowest BCUT2D eigenvalue weighted by Gasteiger charge is -2.32. The topological polar surface area (TPSA) is 73.7 Å². The summed E-state index contributed by atoms with van der Waals surface area (Å²) in [5.41, 5.74) is 2.69. The third-order valence-electron chi connectivity index (χ3n) is 6.04. The predicted molar refractivity (Wildman–Crippen MR) is 118 cm³/mol. The van der Waals surface area contributed by atoms with Gasteiger partial charge in [-0.15, -0.1) is 11.3 Å². The van der Waals surface area contributed by atoms with Crippen molar-refractivity contribution in [1.29, 1.82) is 0 Å². The lowest BCUT2D eigenvalue weighted by atomic mass is 9.94. The summed E-state index contributed by atoms with van der Waals surface area (Å²) >= 11 is 1.31. The average molecular weight is 426 g/mol. The van der Waals surface area contributed by atoms with E-state index in [4.69, 9.17) is 0 Å². The van der Waals surface area contributed by atoms with Gasteiger partial charge in [0.25, 0.3) is 5.91 Å². The highest BCUT2D eigenvalue weighted by Crippen LogP contribution is 2.44. The number of ketones is 1. The number of carbonyl (C=O) groups excluding carboxylic acids is 2. The molecule has 1 atom stereocenters. The Kier molecular flexibility index (Phi) is 5.40. The van der Waals surface area contributed by atoms with Crippen LogP contribution in [0.2, 0.25) is 0 Å². The Morgan fingerprint density at radius 2 is 1.80 bits per heavy atom. The van der Waals surface area contributed by atoms with Gasteiger partial charge in [0.2, 0.25) is 5.78 Å². The molecule has 0 radical (unpaired) electrons. The van der Waals surface area contributed by atoms with Crippen LogP contribution in [-0.4, -0.2) is 46.8 Å². The molecule has 2 heterocycles. The number of benzene rings is 1. The van der Waals surface area contributed by atoms with Gasteiger partial charge in [0.15, 0.2) is 5.76 Å². The molecule has 0 saturated heterocycles. The maximum atomic E-state index is 13.5. The number of carbonyl (C=O) groups is 2. The molecule has 0 bridgehead atoms. The van der Waals surface area contributed by atoms with Gasteiger partial charge in [-0.2, -0.15) is 0 Å². The first-order chi connectivity index (χ1) is 14.3. The normalized spacial score (nSPS) is 19.8. The second kappa shape index (κ2) is 7.87. The summed E-state index contributed by atoms with van der Waals surface area (Å²) in [5, 5.41) is 11.6. The van der Waals surface area contributed by atoms with Crippen LogP contribution in [-0.2, 0) is 4.79 Å². The number of aliphatic hydroxyl groups excluding tert-OH is 1. The van der Waals surface area contributed by atoms with Crippen molar-refractivity contribution in [3.63, 3.8) is 0 Å². The molecule has 4 rings (SSSR count). The number of hydrogen-bond acceptors (Lipinski definition) is 6. The van der Waals surface area contributed by atoms with Gasteiger partial charge < -0.3 is 14.9 Å². The minimum absolute atomic E-state index is 0.0350. The molecule has 2 aromatic rings. The van der Waals surface area contributed by atoms with E-state index in [9.17, 15) is 14.7 Å². The van der Waals surface area contributed by atoms with Crippen molar-refractivity contribution in [2.24, 2.45) is 0 Å². The number of aromatic nitrogens is 1. The van der Waals surface area contributed by atoms with E-state index in [1.54, 1.807) is 11.8 Å². The Balaban J connectivity index is 1.81. The Morgan fingerprint density at radius 3 is 2.33 bits per heavy atom. The molecular weight excluding hydrogens is 398 g/mol. The zero-order chi connectivity index (χ0) is 21.6. The van der Waals surface area contributed by atoms with Crippen LogP contribution in [0.15, 0.2) is 35.6 Å². The minimum Gasteiger partial charge on any atom is -0.503 e. The monoisotopic (exact) mass is 425 g/mol. The number of hydrogen-bond donors (Lipinski definition) is 1. The first kappa shape index (κ1) is 20.6. The molecule has 158 valence electrons. The first-order valence-corrected chi connectivity index (χ1v) is 11.1.